The number of aliphatic hydroxyl groups is 1. The van der Waals surface area contributed by atoms with Crippen molar-refractivity contribution in [2.75, 3.05) is 13.2 Å². The van der Waals surface area contributed by atoms with Crippen LogP contribution in [-0.4, -0.2) is 58.5 Å². The number of carboxylic acids is 2. The Morgan fingerprint density at radius 1 is 0.920 bits per heavy atom. The Morgan fingerprint density at radius 2 is 1.36 bits per heavy atom. The minimum atomic E-state index is -0.948. The predicted molar refractivity (Wildman–Crippen MR) is 86.7 cm³/mol. The molecule has 142 valence electrons. The SMILES string of the molecule is C=C(C)C(=O)OCC(CO)OC(=O)C(=C)C.O=C(O)CCCC(=O)O. The molecule has 0 aliphatic rings. The molecule has 0 bridgehead atoms. The number of aliphatic carboxylic acids is 2. The van der Waals surface area contributed by atoms with Crippen LogP contribution in [0.25, 0.3) is 0 Å². The minimum absolute atomic E-state index is 0.0632. The molecule has 0 aromatic rings. The minimum Gasteiger partial charge on any atom is -0.481 e. The first-order chi connectivity index (χ1) is 11.5. The molecule has 0 saturated carbocycles. The molecule has 0 amide bonds. The molecule has 9 heteroatoms. The fourth-order valence-corrected chi connectivity index (χ4v) is 1.06. The lowest BCUT2D eigenvalue weighted by molar-refractivity contribution is -0.156. The monoisotopic (exact) mass is 360 g/mol. The summed E-state index contributed by atoms with van der Waals surface area (Å²) in [5, 5.41) is 25.0. The highest BCUT2D eigenvalue weighted by molar-refractivity contribution is 5.87. The molecule has 1 atom stereocenters. The van der Waals surface area contributed by atoms with Gasteiger partial charge in [-0.1, -0.05) is 13.2 Å². The maximum Gasteiger partial charge on any atom is 0.333 e. The molecule has 0 aromatic carbocycles. The maximum absolute atomic E-state index is 11.1. The Labute approximate surface area is 145 Å². The van der Waals surface area contributed by atoms with E-state index in [1.165, 1.54) is 13.8 Å². The molecule has 0 radical (unpaired) electrons. The van der Waals surface area contributed by atoms with Gasteiger partial charge in [0.15, 0.2) is 6.10 Å². The molecule has 0 aromatic heterocycles. The van der Waals surface area contributed by atoms with Gasteiger partial charge >= 0.3 is 23.9 Å². The van der Waals surface area contributed by atoms with Crippen LogP contribution in [0, 0.1) is 0 Å². The molecule has 0 aliphatic heterocycles. The van der Waals surface area contributed by atoms with Crippen molar-refractivity contribution in [2.24, 2.45) is 0 Å². The molecule has 0 rings (SSSR count). The third-order valence-corrected chi connectivity index (χ3v) is 2.36. The third-order valence-electron chi connectivity index (χ3n) is 2.36. The molecule has 9 nitrogen and oxygen atoms in total. The highest BCUT2D eigenvalue weighted by Gasteiger charge is 2.16. The second-order valence-corrected chi connectivity index (χ2v) is 5.01. The van der Waals surface area contributed by atoms with E-state index in [0.717, 1.165) is 0 Å². The van der Waals surface area contributed by atoms with Crippen LogP contribution >= 0.6 is 0 Å². The summed E-state index contributed by atoms with van der Waals surface area (Å²) in [6.07, 6.45) is -0.795. The second-order valence-electron chi connectivity index (χ2n) is 5.01. The third kappa shape index (κ3) is 16.0. The van der Waals surface area contributed by atoms with Crippen LogP contribution in [0.4, 0.5) is 0 Å². The van der Waals surface area contributed by atoms with Gasteiger partial charge in [0.1, 0.15) is 6.61 Å². The Morgan fingerprint density at radius 3 is 1.68 bits per heavy atom. The fraction of sp³-hybridized carbons (Fsp3) is 0.500. The Hall–Kier alpha value is -2.68. The van der Waals surface area contributed by atoms with E-state index in [1.807, 2.05) is 0 Å². The normalized spacial score (nSPS) is 10.5. The highest BCUT2D eigenvalue weighted by atomic mass is 16.6. The number of rotatable bonds is 10. The van der Waals surface area contributed by atoms with Crippen LogP contribution in [0.1, 0.15) is 33.1 Å². The average Bonchev–Trinajstić information content (AvgIpc) is 2.50. The Bertz CT molecular complexity index is 494. The molecular weight excluding hydrogens is 336 g/mol. The topological polar surface area (TPSA) is 147 Å². The molecule has 0 fully saturated rings. The van der Waals surface area contributed by atoms with Crippen LogP contribution in [0.15, 0.2) is 24.3 Å². The summed E-state index contributed by atoms with van der Waals surface area (Å²) in [5.74, 6) is -3.12. The van der Waals surface area contributed by atoms with Crippen LogP contribution in [0.5, 0.6) is 0 Å². The zero-order valence-corrected chi connectivity index (χ0v) is 14.3. The van der Waals surface area contributed by atoms with Gasteiger partial charge in [-0.3, -0.25) is 9.59 Å². The first-order valence-electron chi connectivity index (χ1n) is 7.24. The van der Waals surface area contributed by atoms with E-state index in [1.54, 1.807) is 0 Å². The van der Waals surface area contributed by atoms with E-state index in [2.05, 4.69) is 13.2 Å². The van der Waals surface area contributed by atoms with Crippen molar-refractivity contribution in [1.29, 1.82) is 0 Å². The van der Waals surface area contributed by atoms with Gasteiger partial charge in [0, 0.05) is 24.0 Å². The smallest absolute Gasteiger partial charge is 0.333 e. The van der Waals surface area contributed by atoms with Gasteiger partial charge in [0.25, 0.3) is 0 Å². The highest BCUT2D eigenvalue weighted by Crippen LogP contribution is 2.01. The molecule has 0 heterocycles. The summed E-state index contributed by atoms with van der Waals surface area (Å²) in [5.41, 5.74) is 0.451. The number of carboxylic acid groups (broad SMARTS) is 2. The standard InChI is InChI=1S/C11H16O5.C5H8O4/c1-7(2)10(13)15-6-9(5-12)16-11(14)8(3)4;6-4(7)2-1-3-5(8)9/h9,12H,1,3,5-6H2,2,4H3;1-3H2,(H,6,7)(H,8,9). The Balaban J connectivity index is 0. The number of aliphatic hydroxyl groups excluding tert-OH is 1. The van der Waals surface area contributed by atoms with Crippen molar-refractivity contribution in [3.8, 4) is 0 Å². The lowest BCUT2D eigenvalue weighted by Gasteiger charge is -2.15. The Kier molecular flexibility index (Phi) is 13.5. The molecule has 0 spiro atoms. The lowest BCUT2D eigenvalue weighted by atomic mass is 10.2. The summed E-state index contributed by atoms with van der Waals surface area (Å²) in [4.78, 5) is 41.7. The van der Waals surface area contributed by atoms with Crippen molar-refractivity contribution in [3.05, 3.63) is 24.3 Å². The average molecular weight is 360 g/mol. The van der Waals surface area contributed by atoms with Crippen molar-refractivity contribution in [2.45, 2.75) is 39.2 Å². The van der Waals surface area contributed by atoms with Gasteiger partial charge < -0.3 is 24.8 Å². The van der Waals surface area contributed by atoms with E-state index in [0.29, 0.717) is 0 Å². The molecule has 3 N–H and O–H groups in total. The van der Waals surface area contributed by atoms with Crippen LogP contribution in [0.3, 0.4) is 0 Å². The lowest BCUT2D eigenvalue weighted by Crippen LogP contribution is -2.28. The van der Waals surface area contributed by atoms with Crippen LogP contribution in [-0.2, 0) is 28.7 Å². The van der Waals surface area contributed by atoms with Gasteiger partial charge in [-0.25, -0.2) is 9.59 Å². The molecule has 25 heavy (non-hydrogen) atoms. The predicted octanol–water partition coefficient (Wildman–Crippen LogP) is 0.912. The van der Waals surface area contributed by atoms with Crippen molar-refractivity contribution in [1.82, 2.24) is 0 Å². The zero-order chi connectivity index (χ0) is 20.0. The fourth-order valence-electron chi connectivity index (χ4n) is 1.06. The maximum atomic E-state index is 11.1. The van der Waals surface area contributed by atoms with E-state index in [-0.39, 0.29) is 37.0 Å². The second kappa shape index (κ2) is 13.7. The van der Waals surface area contributed by atoms with Crippen LogP contribution < -0.4 is 0 Å². The van der Waals surface area contributed by atoms with Crippen molar-refractivity contribution < 1.29 is 44.0 Å². The van der Waals surface area contributed by atoms with Crippen molar-refractivity contribution >= 4 is 23.9 Å². The van der Waals surface area contributed by atoms with E-state index >= 15 is 0 Å². The summed E-state index contributed by atoms with van der Waals surface area (Å²) in [7, 11) is 0. The number of ether oxygens (including phenoxy) is 2. The summed E-state index contributed by atoms with van der Waals surface area (Å²) in [6.45, 7) is 9.12. The van der Waals surface area contributed by atoms with E-state index in [4.69, 9.17) is 24.8 Å². The van der Waals surface area contributed by atoms with Gasteiger partial charge in [0.05, 0.1) is 6.61 Å². The first-order valence-corrected chi connectivity index (χ1v) is 7.24. The zero-order valence-electron chi connectivity index (χ0n) is 14.3. The number of esters is 2. The summed E-state index contributed by atoms with van der Waals surface area (Å²) >= 11 is 0. The molecule has 1 unspecified atom stereocenters. The molecule has 0 aliphatic carbocycles. The van der Waals surface area contributed by atoms with Crippen LogP contribution in [0.2, 0.25) is 0 Å². The van der Waals surface area contributed by atoms with Gasteiger partial charge in [-0.2, -0.15) is 0 Å². The molecule has 0 saturated heterocycles. The van der Waals surface area contributed by atoms with Gasteiger partial charge in [0.2, 0.25) is 0 Å². The van der Waals surface area contributed by atoms with Crippen molar-refractivity contribution in [3.63, 3.8) is 0 Å². The number of carbonyl (C=O) groups is 4. The first kappa shape index (κ1) is 24.6. The molecular formula is C16H24O9. The quantitative estimate of drug-likeness (QED) is 0.382. The summed E-state index contributed by atoms with van der Waals surface area (Å²) in [6, 6.07) is 0. The van der Waals surface area contributed by atoms with E-state index < -0.39 is 36.6 Å². The largest absolute Gasteiger partial charge is 0.481 e. The number of hydrogen-bond acceptors (Lipinski definition) is 7. The number of hydrogen-bond donors (Lipinski definition) is 3. The number of carbonyl (C=O) groups excluding carboxylic acids is 2. The van der Waals surface area contributed by atoms with Gasteiger partial charge in [-0.15, -0.1) is 0 Å². The van der Waals surface area contributed by atoms with E-state index in [9.17, 15) is 19.2 Å². The summed E-state index contributed by atoms with van der Waals surface area (Å²) < 4.78 is 9.53. The van der Waals surface area contributed by atoms with Gasteiger partial charge in [-0.05, 0) is 20.3 Å².